The van der Waals surface area contributed by atoms with E-state index in [0.717, 1.165) is 5.52 Å². The first-order valence-corrected chi connectivity index (χ1v) is 7.72. The van der Waals surface area contributed by atoms with Crippen molar-refractivity contribution in [1.82, 2.24) is 4.57 Å². The first kappa shape index (κ1) is 15.4. The number of nitrogens with zero attached hydrogens (tertiary/aromatic N) is 1. The van der Waals surface area contributed by atoms with Crippen LogP contribution in [0.15, 0.2) is 54.7 Å². The molecule has 118 valence electrons. The quantitative estimate of drug-likeness (QED) is 0.757. The number of hydrogen-bond acceptors (Lipinski definition) is 2. The summed E-state index contributed by atoms with van der Waals surface area (Å²) >= 11 is 6.06. The minimum absolute atomic E-state index is 0.0518. The molecule has 23 heavy (non-hydrogen) atoms. The number of methoxy groups -OCH3 is 1. The number of ether oxygens (including phenoxy) is 1. The predicted octanol–water partition coefficient (Wildman–Crippen LogP) is 4.33. The monoisotopic (exact) mass is 328 g/mol. The van der Waals surface area contributed by atoms with Gasteiger partial charge in [0.1, 0.15) is 5.75 Å². The van der Waals surface area contributed by atoms with Crippen LogP contribution in [0.25, 0.3) is 10.9 Å². The molecule has 3 rings (SSSR count). The topological polar surface area (TPSA) is 43.3 Å². The maximum absolute atomic E-state index is 12.1. The van der Waals surface area contributed by atoms with E-state index in [-0.39, 0.29) is 5.91 Å². The number of aryl methyl sites for hydroxylation is 1. The lowest BCUT2D eigenvalue weighted by atomic mass is 10.2. The molecule has 0 atom stereocenters. The summed E-state index contributed by atoms with van der Waals surface area (Å²) in [5.74, 6) is 0.535. The molecule has 0 aliphatic carbocycles. The van der Waals surface area contributed by atoms with Gasteiger partial charge in [-0.2, -0.15) is 0 Å². The average molecular weight is 329 g/mol. The summed E-state index contributed by atoms with van der Waals surface area (Å²) in [5, 5.41) is 4.50. The standard InChI is InChI=1S/C18H17ClN2O2/c1-23-17-7-6-14(12-15(17)19)20-18(22)9-11-21-10-8-13-4-2-3-5-16(13)21/h2-8,10,12H,9,11H2,1H3,(H,20,22). The molecular formula is C18H17ClN2O2. The Balaban J connectivity index is 1.62. The molecule has 0 aliphatic heterocycles. The fourth-order valence-corrected chi connectivity index (χ4v) is 2.78. The lowest BCUT2D eigenvalue weighted by Gasteiger charge is -2.09. The average Bonchev–Trinajstić information content (AvgIpc) is 2.96. The van der Waals surface area contributed by atoms with Crippen molar-refractivity contribution in [3.63, 3.8) is 0 Å². The zero-order valence-electron chi connectivity index (χ0n) is 12.8. The molecule has 2 aromatic carbocycles. The zero-order chi connectivity index (χ0) is 16.2. The number of rotatable bonds is 5. The van der Waals surface area contributed by atoms with E-state index in [4.69, 9.17) is 16.3 Å². The van der Waals surface area contributed by atoms with Gasteiger partial charge < -0.3 is 14.6 Å². The molecule has 1 heterocycles. The predicted molar refractivity (Wildman–Crippen MR) is 93.2 cm³/mol. The molecule has 0 saturated carbocycles. The van der Waals surface area contributed by atoms with Crippen molar-refractivity contribution >= 4 is 34.1 Å². The summed E-state index contributed by atoms with van der Waals surface area (Å²) < 4.78 is 7.17. The van der Waals surface area contributed by atoms with Crippen LogP contribution in [0.2, 0.25) is 5.02 Å². The first-order chi connectivity index (χ1) is 11.2. The van der Waals surface area contributed by atoms with Gasteiger partial charge in [0.2, 0.25) is 5.91 Å². The number of amides is 1. The Kier molecular flexibility index (Phi) is 4.53. The van der Waals surface area contributed by atoms with Crippen LogP contribution < -0.4 is 10.1 Å². The third kappa shape index (κ3) is 3.48. The van der Waals surface area contributed by atoms with Crippen LogP contribution in [0.3, 0.4) is 0 Å². The van der Waals surface area contributed by atoms with Gasteiger partial charge in [0.15, 0.2) is 0 Å². The molecule has 0 fully saturated rings. The number of carbonyl (C=O) groups excluding carboxylic acids is 1. The number of anilines is 1. The number of fused-ring (bicyclic) bond motifs is 1. The van der Waals surface area contributed by atoms with Crippen LogP contribution >= 0.6 is 11.6 Å². The van der Waals surface area contributed by atoms with E-state index in [1.54, 1.807) is 25.3 Å². The van der Waals surface area contributed by atoms with E-state index in [1.807, 2.05) is 18.3 Å². The summed E-state index contributed by atoms with van der Waals surface area (Å²) in [7, 11) is 1.56. The van der Waals surface area contributed by atoms with E-state index in [0.29, 0.717) is 29.4 Å². The van der Waals surface area contributed by atoms with Crippen LogP contribution in [0.5, 0.6) is 5.75 Å². The molecule has 1 N–H and O–H groups in total. The maximum Gasteiger partial charge on any atom is 0.226 e. The van der Waals surface area contributed by atoms with E-state index in [2.05, 4.69) is 28.1 Å². The summed E-state index contributed by atoms with van der Waals surface area (Å²) in [6.07, 6.45) is 2.39. The SMILES string of the molecule is COc1ccc(NC(=O)CCn2ccc3ccccc32)cc1Cl. The molecular weight excluding hydrogens is 312 g/mol. The molecule has 1 amide bonds. The van der Waals surface area contributed by atoms with Crippen molar-refractivity contribution < 1.29 is 9.53 Å². The van der Waals surface area contributed by atoms with Gasteiger partial charge in [-0.25, -0.2) is 0 Å². The van der Waals surface area contributed by atoms with Crippen molar-refractivity contribution in [2.45, 2.75) is 13.0 Å². The molecule has 0 aliphatic rings. The Bertz CT molecular complexity index is 842. The minimum Gasteiger partial charge on any atom is -0.495 e. The fourth-order valence-electron chi connectivity index (χ4n) is 2.53. The number of benzene rings is 2. The summed E-state index contributed by atoms with van der Waals surface area (Å²) in [5.41, 5.74) is 1.80. The lowest BCUT2D eigenvalue weighted by molar-refractivity contribution is -0.116. The van der Waals surface area contributed by atoms with Crippen molar-refractivity contribution in [1.29, 1.82) is 0 Å². The smallest absolute Gasteiger partial charge is 0.226 e. The summed E-state index contributed by atoms with van der Waals surface area (Å²) in [6.45, 7) is 0.628. The number of nitrogens with one attached hydrogen (secondary N) is 1. The molecule has 4 nitrogen and oxygen atoms in total. The van der Waals surface area contributed by atoms with Gasteiger partial charge in [0.05, 0.1) is 12.1 Å². The van der Waals surface area contributed by atoms with Crippen molar-refractivity contribution in [2.75, 3.05) is 12.4 Å². The van der Waals surface area contributed by atoms with Gasteiger partial charge in [0.25, 0.3) is 0 Å². The Morgan fingerprint density at radius 3 is 2.83 bits per heavy atom. The van der Waals surface area contributed by atoms with E-state index >= 15 is 0 Å². The van der Waals surface area contributed by atoms with Gasteiger partial charge in [-0.3, -0.25) is 4.79 Å². The number of carbonyl (C=O) groups is 1. The van der Waals surface area contributed by atoms with Crippen molar-refractivity contribution in [2.24, 2.45) is 0 Å². The number of para-hydroxylation sites is 1. The Labute approximate surface area is 139 Å². The van der Waals surface area contributed by atoms with Gasteiger partial charge in [-0.15, -0.1) is 0 Å². The van der Waals surface area contributed by atoms with E-state index in [1.165, 1.54) is 5.39 Å². The summed E-state index contributed by atoms with van der Waals surface area (Å²) in [4.78, 5) is 12.1. The van der Waals surface area contributed by atoms with Gasteiger partial charge >= 0.3 is 0 Å². The van der Waals surface area contributed by atoms with Gasteiger partial charge in [0, 0.05) is 30.4 Å². The molecule has 5 heteroatoms. The number of aromatic nitrogens is 1. The highest BCUT2D eigenvalue weighted by atomic mass is 35.5. The highest BCUT2D eigenvalue weighted by molar-refractivity contribution is 6.32. The highest BCUT2D eigenvalue weighted by Gasteiger charge is 2.07. The molecule has 0 unspecified atom stereocenters. The number of hydrogen-bond donors (Lipinski definition) is 1. The molecule has 0 saturated heterocycles. The van der Waals surface area contributed by atoms with Crippen LogP contribution in [0.4, 0.5) is 5.69 Å². The second-order valence-electron chi connectivity index (χ2n) is 5.22. The van der Waals surface area contributed by atoms with Crippen LogP contribution in [-0.4, -0.2) is 17.6 Å². The third-order valence-corrected chi connectivity index (χ3v) is 3.99. The van der Waals surface area contributed by atoms with Crippen LogP contribution in [0.1, 0.15) is 6.42 Å². The largest absolute Gasteiger partial charge is 0.495 e. The Morgan fingerprint density at radius 2 is 2.04 bits per heavy atom. The van der Waals surface area contributed by atoms with Gasteiger partial charge in [-0.05, 0) is 35.7 Å². The third-order valence-electron chi connectivity index (χ3n) is 3.70. The lowest BCUT2D eigenvalue weighted by Crippen LogP contribution is -2.14. The van der Waals surface area contributed by atoms with Crippen LogP contribution in [0, 0.1) is 0 Å². The Morgan fingerprint density at radius 1 is 1.22 bits per heavy atom. The van der Waals surface area contributed by atoms with E-state index in [9.17, 15) is 4.79 Å². The Hall–Kier alpha value is -2.46. The fraction of sp³-hybridized carbons (Fsp3) is 0.167. The first-order valence-electron chi connectivity index (χ1n) is 7.34. The molecule has 1 aromatic heterocycles. The second kappa shape index (κ2) is 6.75. The van der Waals surface area contributed by atoms with Crippen molar-refractivity contribution in [3.05, 3.63) is 59.8 Å². The highest BCUT2D eigenvalue weighted by Crippen LogP contribution is 2.27. The molecule has 0 bridgehead atoms. The van der Waals surface area contributed by atoms with Crippen molar-refractivity contribution in [3.8, 4) is 5.75 Å². The van der Waals surface area contributed by atoms with Crippen LogP contribution in [-0.2, 0) is 11.3 Å². The maximum atomic E-state index is 12.1. The zero-order valence-corrected chi connectivity index (χ0v) is 13.5. The normalized spacial score (nSPS) is 10.7. The number of halogens is 1. The minimum atomic E-state index is -0.0518. The second-order valence-corrected chi connectivity index (χ2v) is 5.62. The molecule has 0 radical (unpaired) electrons. The summed E-state index contributed by atoms with van der Waals surface area (Å²) in [6, 6.07) is 15.4. The molecule has 0 spiro atoms. The van der Waals surface area contributed by atoms with E-state index < -0.39 is 0 Å². The molecule has 3 aromatic rings. The van der Waals surface area contributed by atoms with Gasteiger partial charge in [-0.1, -0.05) is 29.8 Å².